The Labute approximate surface area is 105 Å². The summed E-state index contributed by atoms with van der Waals surface area (Å²) in [5, 5.41) is 0.958. The van der Waals surface area contributed by atoms with Gasteiger partial charge in [0.25, 0.3) is 0 Å². The van der Waals surface area contributed by atoms with Crippen LogP contribution in [0.2, 0.25) is 0 Å². The molecule has 0 bridgehead atoms. The largest absolute Gasteiger partial charge is 0.496 e. The molecule has 0 saturated heterocycles. The lowest BCUT2D eigenvalue weighted by Gasteiger charge is -2.09. The van der Waals surface area contributed by atoms with E-state index < -0.39 is 12.0 Å². The van der Waals surface area contributed by atoms with Crippen LogP contribution in [-0.2, 0) is 16.0 Å². The van der Waals surface area contributed by atoms with E-state index in [9.17, 15) is 4.79 Å². The average molecular weight is 248 g/mol. The Morgan fingerprint density at radius 3 is 2.89 bits per heavy atom. The van der Waals surface area contributed by atoms with Gasteiger partial charge in [-0.1, -0.05) is 6.07 Å². The van der Waals surface area contributed by atoms with Crippen molar-refractivity contribution in [3.8, 4) is 5.75 Å². The molecule has 0 aliphatic heterocycles. The number of carbonyl (C=O) groups excluding carboxylic acids is 1. The third-order valence-electron chi connectivity index (χ3n) is 2.91. The van der Waals surface area contributed by atoms with Gasteiger partial charge in [-0.3, -0.25) is 4.79 Å². The van der Waals surface area contributed by atoms with Crippen LogP contribution in [0.25, 0.3) is 10.9 Å². The van der Waals surface area contributed by atoms with Gasteiger partial charge in [-0.15, -0.1) is 0 Å². The summed E-state index contributed by atoms with van der Waals surface area (Å²) in [7, 11) is 2.95. The van der Waals surface area contributed by atoms with E-state index in [1.165, 1.54) is 7.11 Å². The first-order valence-electron chi connectivity index (χ1n) is 5.63. The quantitative estimate of drug-likeness (QED) is 0.797. The Bertz CT molecular complexity index is 562. The predicted octanol–water partition coefficient (Wildman–Crippen LogP) is 1.22. The first kappa shape index (κ1) is 12.4. The van der Waals surface area contributed by atoms with Crippen LogP contribution in [0.15, 0.2) is 24.4 Å². The van der Waals surface area contributed by atoms with Crippen molar-refractivity contribution in [2.75, 3.05) is 14.2 Å². The number of esters is 1. The Hall–Kier alpha value is -2.01. The van der Waals surface area contributed by atoms with E-state index in [-0.39, 0.29) is 0 Å². The number of hydrogen-bond donors (Lipinski definition) is 2. The molecule has 0 amide bonds. The maximum absolute atomic E-state index is 11.3. The molecule has 18 heavy (non-hydrogen) atoms. The number of fused-ring (bicyclic) bond motifs is 1. The number of ether oxygens (including phenoxy) is 2. The zero-order valence-electron chi connectivity index (χ0n) is 10.4. The fourth-order valence-corrected chi connectivity index (χ4v) is 2.02. The number of aromatic nitrogens is 1. The topological polar surface area (TPSA) is 77.3 Å². The average Bonchev–Trinajstić information content (AvgIpc) is 2.81. The summed E-state index contributed by atoms with van der Waals surface area (Å²) in [6.07, 6.45) is 2.25. The highest BCUT2D eigenvalue weighted by atomic mass is 16.5. The molecule has 2 rings (SSSR count). The summed E-state index contributed by atoms with van der Waals surface area (Å²) in [5.41, 5.74) is 7.68. The molecule has 96 valence electrons. The van der Waals surface area contributed by atoms with Crippen molar-refractivity contribution < 1.29 is 14.3 Å². The monoisotopic (exact) mass is 248 g/mol. The van der Waals surface area contributed by atoms with Crippen LogP contribution in [0.3, 0.4) is 0 Å². The number of nitrogens with two attached hydrogens (primary N) is 1. The van der Waals surface area contributed by atoms with E-state index in [0.717, 1.165) is 22.2 Å². The molecule has 0 radical (unpaired) electrons. The zero-order chi connectivity index (χ0) is 13.1. The number of aromatic amines is 1. The van der Waals surface area contributed by atoms with E-state index >= 15 is 0 Å². The summed E-state index contributed by atoms with van der Waals surface area (Å²) in [6, 6.07) is 5.06. The molecule has 3 N–H and O–H groups in total. The van der Waals surface area contributed by atoms with Gasteiger partial charge >= 0.3 is 5.97 Å². The highest BCUT2D eigenvalue weighted by molar-refractivity contribution is 5.90. The predicted molar refractivity (Wildman–Crippen MR) is 68.5 cm³/mol. The molecule has 1 atom stereocenters. The van der Waals surface area contributed by atoms with Crippen LogP contribution < -0.4 is 10.5 Å². The van der Waals surface area contributed by atoms with Crippen LogP contribution in [0, 0.1) is 0 Å². The van der Waals surface area contributed by atoms with Gasteiger partial charge in [0, 0.05) is 23.5 Å². The van der Waals surface area contributed by atoms with Gasteiger partial charge in [0.2, 0.25) is 0 Å². The number of carbonyl (C=O) groups is 1. The Morgan fingerprint density at radius 1 is 1.44 bits per heavy atom. The first-order chi connectivity index (χ1) is 8.67. The Balaban J connectivity index is 2.37. The van der Waals surface area contributed by atoms with Crippen LogP contribution in [0.1, 0.15) is 5.56 Å². The van der Waals surface area contributed by atoms with Crippen molar-refractivity contribution in [2.24, 2.45) is 5.73 Å². The highest BCUT2D eigenvalue weighted by Gasteiger charge is 2.17. The summed E-state index contributed by atoms with van der Waals surface area (Å²) in [6.45, 7) is 0. The van der Waals surface area contributed by atoms with Crippen molar-refractivity contribution >= 4 is 16.9 Å². The molecule has 1 aromatic carbocycles. The van der Waals surface area contributed by atoms with Crippen molar-refractivity contribution in [1.82, 2.24) is 4.98 Å². The van der Waals surface area contributed by atoms with E-state index in [1.54, 1.807) is 7.11 Å². The van der Waals surface area contributed by atoms with Gasteiger partial charge in [0.1, 0.15) is 11.8 Å². The Morgan fingerprint density at radius 2 is 2.22 bits per heavy atom. The number of rotatable bonds is 4. The van der Waals surface area contributed by atoms with E-state index in [0.29, 0.717) is 6.42 Å². The molecule has 0 aliphatic rings. The van der Waals surface area contributed by atoms with Gasteiger partial charge in [0.15, 0.2) is 0 Å². The molecule has 5 nitrogen and oxygen atoms in total. The standard InChI is InChI=1S/C13H16N2O3/c1-17-11-5-3-4-10-12(11)8(7-15-10)6-9(14)13(16)18-2/h3-5,7,9,15H,6,14H2,1-2H3/t9-/m0/s1. The molecular weight excluding hydrogens is 232 g/mol. The number of methoxy groups -OCH3 is 2. The minimum Gasteiger partial charge on any atom is -0.496 e. The lowest BCUT2D eigenvalue weighted by atomic mass is 10.0. The van der Waals surface area contributed by atoms with Gasteiger partial charge in [0.05, 0.1) is 14.2 Å². The van der Waals surface area contributed by atoms with Crippen LogP contribution in [-0.4, -0.2) is 31.2 Å². The Kier molecular flexibility index (Phi) is 3.53. The number of benzene rings is 1. The molecule has 0 fully saturated rings. The van der Waals surface area contributed by atoms with Crippen molar-refractivity contribution in [2.45, 2.75) is 12.5 Å². The van der Waals surface area contributed by atoms with Crippen LogP contribution in [0.4, 0.5) is 0 Å². The second-order valence-electron chi connectivity index (χ2n) is 4.03. The maximum atomic E-state index is 11.3. The SMILES string of the molecule is COC(=O)[C@@H](N)Cc1c[nH]c2cccc(OC)c12. The molecular formula is C13H16N2O3. The molecule has 1 aromatic heterocycles. The lowest BCUT2D eigenvalue weighted by Crippen LogP contribution is -2.33. The minimum atomic E-state index is -0.668. The number of hydrogen-bond acceptors (Lipinski definition) is 4. The van der Waals surface area contributed by atoms with Gasteiger partial charge < -0.3 is 20.2 Å². The van der Waals surface area contributed by atoms with E-state index in [2.05, 4.69) is 9.72 Å². The highest BCUT2D eigenvalue weighted by Crippen LogP contribution is 2.29. The van der Waals surface area contributed by atoms with Crippen molar-refractivity contribution in [1.29, 1.82) is 0 Å². The second kappa shape index (κ2) is 5.10. The molecule has 1 heterocycles. The van der Waals surface area contributed by atoms with Crippen molar-refractivity contribution in [3.05, 3.63) is 30.0 Å². The van der Waals surface area contributed by atoms with Gasteiger partial charge in [-0.25, -0.2) is 0 Å². The molecule has 0 unspecified atom stereocenters. The second-order valence-corrected chi connectivity index (χ2v) is 4.03. The normalized spacial score (nSPS) is 12.4. The van der Waals surface area contributed by atoms with E-state index in [4.69, 9.17) is 10.5 Å². The maximum Gasteiger partial charge on any atom is 0.322 e. The number of nitrogens with one attached hydrogen (secondary N) is 1. The third kappa shape index (κ3) is 2.17. The molecule has 0 spiro atoms. The molecule has 2 aromatic rings. The molecule has 5 heteroatoms. The third-order valence-corrected chi connectivity index (χ3v) is 2.91. The zero-order valence-corrected chi connectivity index (χ0v) is 10.4. The van der Waals surface area contributed by atoms with Crippen molar-refractivity contribution in [3.63, 3.8) is 0 Å². The summed E-state index contributed by atoms with van der Waals surface area (Å²) >= 11 is 0. The number of H-pyrrole nitrogens is 1. The summed E-state index contributed by atoms with van der Waals surface area (Å²) < 4.78 is 9.94. The van der Waals surface area contributed by atoms with Gasteiger partial charge in [-0.2, -0.15) is 0 Å². The van der Waals surface area contributed by atoms with E-state index in [1.807, 2.05) is 24.4 Å². The molecule has 0 aliphatic carbocycles. The smallest absolute Gasteiger partial charge is 0.322 e. The first-order valence-corrected chi connectivity index (χ1v) is 5.63. The summed E-state index contributed by atoms with van der Waals surface area (Å²) in [4.78, 5) is 14.5. The van der Waals surface area contributed by atoms with Crippen LogP contribution >= 0.6 is 0 Å². The molecule has 0 saturated carbocycles. The minimum absolute atomic E-state index is 0.410. The fourth-order valence-electron chi connectivity index (χ4n) is 2.02. The van der Waals surface area contributed by atoms with Crippen LogP contribution in [0.5, 0.6) is 5.75 Å². The lowest BCUT2D eigenvalue weighted by molar-refractivity contribution is -0.142. The fraction of sp³-hybridized carbons (Fsp3) is 0.308. The van der Waals surface area contributed by atoms with Gasteiger partial charge in [-0.05, 0) is 17.7 Å². The summed E-state index contributed by atoms with van der Waals surface area (Å²) in [5.74, 6) is 0.347.